The average molecular weight is 288 g/mol. The number of likely N-dealkylation sites (N-methyl/N-ethyl adjacent to an activating group) is 3. The van der Waals surface area contributed by atoms with E-state index in [-0.39, 0.29) is 6.29 Å². The zero-order chi connectivity index (χ0) is 15.7. The van der Waals surface area contributed by atoms with Crippen LogP contribution in [0.3, 0.4) is 0 Å². The van der Waals surface area contributed by atoms with Crippen LogP contribution in [0, 0.1) is 0 Å². The molecule has 4 N–H and O–H groups in total. The molecule has 0 fully saturated rings. The Morgan fingerprint density at radius 3 is 1.55 bits per heavy atom. The Morgan fingerprint density at radius 2 is 1.15 bits per heavy atom. The molecule has 0 saturated heterocycles. The first kappa shape index (κ1) is 19.8. The number of hydrogen-bond donors (Lipinski definition) is 2. The van der Waals surface area contributed by atoms with Crippen molar-refractivity contribution in [2.75, 3.05) is 67.5 Å². The largest absolute Gasteiger partial charge is 0.308 e. The van der Waals surface area contributed by atoms with Gasteiger partial charge in [0.05, 0.1) is 0 Å². The van der Waals surface area contributed by atoms with Gasteiger partial charge in [-0.05, 0) is 42.0 Å². The smallest absolute Gasteiger partial charge is 0.109 e. The lowest BCUT2D eigenvalue weighted by Crippen LogP contribution is -2.50. The summed E-state index contributed by atoms with van der Waals surface area (Å²) >= 11 is 0. The van der Waals surface area contributed by atoms with Crippen molar-refractivity contribution < 1.29 is 0 Å². The normalized spacial score (nSPS) is 12.9. The van der Waals surface area contributed by atoms with Gasteiger partial charge in [-0.25, -0.2) is 0 Å². The summed E-state index contributed by atoms with van der Waals surface area (Å²) in [5.41, 5.74) is 11.3. The van der Waals surface area contributed by atoms with Gasteiger partial charge in [0, 0.05) is 45.3 Å². The van der Waals surface area contributed by atoms with Crippen molar-refractivity contribution in [1.82, 2.24) is 19.6 Å². The van der Waals surface area contributed by atoms with Crippen LogP contribution in [0.4, 0.5) is 0 Å². The van der Waals surface area contributed by atoms with Crippen LogP contribution >= 0.6 is 0 Å². The number of nitrogens with zero attached hydrogens (tertiary/aromatic N) is 4. The fourth-order valence-electron chi connectivity index (χ4n) is 1.68. The van der Waals surface area contributed by atoms with E-state index in [1.54, 1.807) is 0 Å². The average Bonchev–Trinajstić information content (AvgIpc) is 2.36. The van der Waals surface area contributed by atoms with Gasteiger partial charge in [-0.15, -0.1) is 0 Å². The number of rotatable bonds is 11. The lowest BCUT2D eigenvalue weighted by Gasteiger charge is -2.30. The second-order valence-corrected chi connectivity index (χ2v) is 6.19. The summed E-state index contributed by atoms with van der Waals surface area (Å²) in [6.07, 6.45) is -0.371. The van der Waals surface area contributed by atoms with E-state index in [0.717, 1.165) is 39.3 Å². The van der Waals surface area contributed by atoms with Crippen molar-refractivity contribution >= 4 is 0 Å². The highest BCUT2D eigenvalue weighted by Gasteiger charge is 2.11. The van der Waals surface area contributed by atoms with Gasteiger partial charge < -0.3 is 21.3 Å². The van der Waals surface area contributed by atoms with Crippen LogP contribution < -0.4 is 11.5 Å². The minimum absolute atomic E-state index is 0.371. The van der Waals surface area contributed by atoms with E-state index in [2.05, 4.69) is 49.7 Å². The molecule has 0 amide bonds. The molecule has 0 aromatic carbocycles. The highest BCUT2D eigenvalue weighted by atomic mass is 15.3. The first-order valence-electron chi connectivity index (χ1n) is 7.52. The van der Waals surface area contributed by atoms with Crippen LogP contribution in [-0.2, 0) is 0 Å². The maximum absolute atomic E-state index is 5.67. The van der Waals surface area contributed by atoms with Crippen molar-refractivity contribution in [3.05, 3.63) is 0 Å². The zero-order valence-corrected chi connectivity index (χ0v) is 14.3. The molecule has 0 heterocycles. The third kappa shape index (κ3) is 9.63. The molecular weight excluding hydrogens is 252 g/mol. The Balaban J connectivity index is 4.19. The van der Waals surface area contributed by atoms with Gasteiger partial charge in [0.15, 0.2) is 0 Å². The van der Waals surface area contributed by atoms with Crippen LogP contribution in [0.15, 0.2) is 0 Å². The predicted molar refractivity (Wildman–Crippen MR) is 87.6 cm³/mol. The topological polar surface area (TPSA) is 65.0 Å². The summed E-state index contributed by atoms with van der Waals surface area (Å²) in [4.78, 5) is 9.06. The van der Waals surface area contributed by atoms with E-state index in [0.29, 0.717) is 6.04 Å². The van der Waals surface area contributed by atoms with E-state index in [9.17, 15) is 0 Å². The maximum Gasteiger partial charge on any atom is 0.109 e. The predicted octanol–water partition coefficient (Wildman–Crippen LogP) is -0.677. The molecule has 0 aromatic rings. The van der Waals surface area contributed by atoms with Crippen molar-refractivity contribution in [2.45, 2.75) is 26.2 Å². The van der Waals surface area contributed by atoms with Crippen LogP contribution in [0.2, 0.25) is 0 Å². The molecule has 0 saturated carbocycles. The highest BCUT2D eigenvalue weighted by molar-refractivity contribution is 4.67. The molecule has 6 nitrogen and oxygen atoms in total. The minimum Gasteiger partial charge on any atom is -0.308 e. The first-order chi connectivity index (χ1) is 9.23. The molecule has 0 aliphatic heterocycles. The summed E-state index contributed by atoms with van der Waals surface area (Å²) in [6, 6.07) is 0.589. The third-order valence-electron chi connectivity index (χ3n) is 3.79. The molecule has 0 unspecified atom stereocenters. The number of hydrogen-bond acceptors (Lipinski definition) is 6. The lowest BCUT2D eigenvalue weighted by molar-refractivity contribution is 0.161. The zero-order valence-electron chi connectivity index (χ0n) is 14.3. The Kier molecular flexibility index (Phi) is 10.4. The summed E-state index contributed by atoms with van der Waals surface area (Å²) in [5.74, 6) is 0. The molecule has 0 rings (SSSR count). The van der Waals surface area contributed by atoms with E-state index < -0.39 is 0 Å². The lowest BCUT2D eigenvalue weighted by atomic mass is 10.3. The summed E-state index contributed by atoms with van der Waals surface area (Å²) in [7, 11) is 8.37. The SMILES string of the molecule is CC(C)N(C)CCN(CCN(C)C)CCN(C)C(N)N. The fraction of sp³-hybridized carbons (Fsp3) is 1.00. The van der Waals surface area contributed by atoms with Crippen LogP contribution in [0.25, 0.3) is 0 Å². The fourth-order valence-corrected chi connectivity index (χ4v) is 1.68. The molecule has 0 bridgehead atoms. The van der Waals surface area contributed by atoms with Gasteiger partial charge in [0.25, 0.3) is 0 Å². The Labute approximate surface area is 125 Å². The Hall–Kier alpha value is -0.240. The summed E-state index contributed by atoms with van der Waals surface area (Å²) in [6.45, 7) is 10.7. The molecule has 0 aromatic heterocycles. The van der Waals surface area contributed by atoms with Gasteiger partial charge in [-0.1, -0.05) is 0 Å². The van der Waals surface area contributed by atoms with E-state index in [1.807, 2.05) is 11.9 Å². The summed E-state index contributed by atoms with van der Waals surface area (Å²) in [5, 5.41) is 0. The second-order valence-electron chi connectivity index (χ2n) is 6.19. The summed E-state index contributed by atoms with van der Waals surface area (Å²) < 4.78 is 0. The molecule has 0 atom stereocenters. The number of nitrogens with two attached hydrogens (primary N) is 2. The van der Waals surface area contributed by atoms with Gasteiger partial charge in [-0.2, -0.15) is 0 Å². The molecule has 0 radical (unpaired) electrons. The second kappa shape index (κ2) is 10.5. The molecule has 0 spiro atoms. The first-order valence-corrected chi connectivity index (χ1v) is 7.52. The maximum atomic E-state index is 5.67. The molecule has 6 heteroatoms. The molecule has 0 aliphatic rings. The van der Waals surface area contributed by atoms with Crippen LogP contribution in [0.1, 0.15) is 13.8 Å². The molecule has 0 aliphatic carbocycles. The molecule has 122 valence electrons. The highest BCUT2D eigenvalue weighted by Crippen LogP contribution is 1.97. The van der Waals surface area contributed by atoms with Crippen molar-refractivity contribution in [3.63, 3.8) is 0 Å². The van der Waals surface area contributed by atoms with Crippen molar-refractivity contribution in [2.24, 2.45) is 11.5 Å². The van der Waals surface area contributed by atoms with Gasteiger partial charge >= 0.3 is 0 Å². The van der Waals surface area contributed by atoms with Crippen LogP contribution in [0.5, 0.6) is 0 Å². The Bertz CT molecular complexity index is 214. The monoisotopic (exact) mass is 288 g/mol. The van der Waals surface area contributed by atoms with Crippen LogP contribution in [-0.4, -0.2) is 99.4 Å². The van der Waals surface area contributed by atoms with Crippen molar-refractivity contribution in [3.8, 4) is 0 Å². The van der Waals surface area contributed by atoms with Gasteiger partial charge in [0.1, 0.15) is 6.29 Å². The standard InChI is InChI=1S/C14H36N6/c1-13(2)18(5)8-11-20(10-7-17(3)4)12-9-19(6)14(15)16/h13-14H,7-12,15-16H2,1-6H3. The third-order valence-corrected chi connectivity index (χ3v) is 3.79. The van der Waals surface area contributed by atoms with E-state index in [4.69, 9.17) is 11.5 Å². The molecular formula is C14H36N6. The quantitative estimate of drug-likeness (QED) is 0.491. The van der Waals surface area contributed by atoms with Gasteiger partial charge in [0.2, 0.25) is 0 Å². The molecule has 20 heavy (non-hydrogen) atoms. The Morgan fingerprint density at radius 1 is 0.700 bits per heavy atom. The van der Waals surface area contributed by atoms with Gasteiger partial charge in [-0.3, -0.25) is 9.80 Å². The van der Waals surface area contributed by atoms with E-state index in [1.165, 1.54) is 0 Å². The van der Waals surface area contributed by atoms with Crippen molar-refractivity contribution in [1.29, 1.82) is 0 Å². The minimum atomic E-state index is -0.371. The van der Waals surface area contributed by atoms with E-state index >= 15 is 0 Å².